The maximum atomic E-state index is 12.4. The van der Waals surface area contributed by atoms with Gasteiger partial charge in [-0.2, -0.15) is 0 Å². The van der Waals surface area contributed by atoms with Crippen LogP contribution in [0, 0.1) is 17.8 Å². The van der Waals surface area contributed by atoms with E-state index in [9.17, 15) is 9.59 Å². The van der Waals surface area contributed by atoms with E-state index in [1.807, 2.05) is 0 Å². The number of rotatable bonds is 3. The lowest BCUT2D eigenvalue weighted by Crippen LogP contribution is -2.52. The van der Waals surface area contributed by atoms with E-state index in [1.165, 1.54) is 4.90 Å². The maximum absolute atomic E-state index is 12.4. The van der Waals surface area contributed by atoms with E-state index in [2.05, 4.69) is 19.2 Å². The molecule has 0 aromatic rings. The number of aliphatic carboxylic acids is 1. The molecule has 5 unspecified atom stereocenters. The number of hydrogen-bond acceptors (Lipinski definition) is 3. The van der Waals surface area contributed by atoms with Crippen LogP contribution in [0.4, 0.5) is 4.79 Å². The van der Waals surface area contributed by atoms with Crippen LogP contribution in [0.15, 0.2) is 0 Å². The smallest absolute Gasteiger partial charge is 0.317 e. The highest BCUT2D eigenvalue weighted by molar-refractivity contribution is 5.77. The minimum absolute atomic E-state index is 0.176. The Morgan fingerprint density at radius 2 is 1.95 bits per heavy atom. The molecule has 21 heavy (non-hydrogen) atoms. The Hall–Kier alpha value is -1.30. The third kappa shape index (κ3) is 3.67. The van der Waals surface area contributed by atoms with Crippen molar-refractivity contribution in [2.45, 2.75) is 45.2 Å². The van der Waals surface area contributed by atoms with Crippen molar-refractivity contribution < 1.29 is 19.4 Å². The second-order valence-electron chi connectivity index (χ2n) is 6.61. The van der Waals surface area contributed by atoms with E-state index in [0.717, 1.165) is 19.3 Å². The molecule has 0 radical (unpaired) electrons. The van der Waals surface area contributed by atoms with Gasteiger partial charge in [-0.3, -0.25) is 4.79 Å². The lowest BCUT2D eigenvalue weighted by molar-refractivity contribution is -0.142. The van der Waals surface area contributed by atoms with Gasteiger partial charge in [-0.15, -0.1) is 0 Å². The summed E-state index contributed by atoms with van der Waals surface area (Å²) < 4.78 is 5.22. The summed E-state index contributed by atoms with van der Waals surface area (Å²) in [7, 11) is 1.65. The fourth-order valence-electron chi connectivity index (χ4n) is 3.45. The maximum Gasteiger partial charge on any atom is 0.317 e. The van der Waals surface area contributed by atoms with Crippen molar-refractivity contribution in [1.29, 1.82) is 0 Å². The second kappa shape index (κ2) is 6.64. The molecule has 120 valence electrons. The molecule has 2 N–H and O–H groups in total. The fourth-order valence-corrected chi connectivity index (χ4v) is 3.45. The van der Waals surface area contributed by atoms with E-state index >= 15 is 0 Å². The van der Waals surface area contributed by atoms with Gasteiger partial charge in [0.15, 0.2) is 0 Å². The standard InChI is InChI=1S/C15H26N2O4/c1-9-4-5-12(10(2)6-9)16-15(20)17(3)13-8-21-7-11(13)14(18)19/h9-13H,4-8H2,1-3H3,(H,16,20)(H,18,19). The van der Waals surface area contributed by atoms with Crippen LogP contribution in [0.5, 0.6) is 0 Å². The molecular weight excluding hydrogens is 272 g/mol. The van der Waals surface area contributed by atoms with Gasteiger partial charge in [0.2, 0.25) is 0 Å². The molecule has 1 saturated carbocycles. The number of carbonyl (C=O) groups is 2. The molecule has 1 aliphatic carbocycles. The number of urea groups is 1. The quantitative estimate of drug-likeness (QED) is 0.828. The zero-order valence-electron chi connectivity index (χ0n) is 13.0. The van der Waals surface area contributed by atoms with E-state index < -0.39 is 11.9 Å². The van der Waals surface area contributed by atoms with Crippen LogP contribution in [0.1, 0.15) is 33.1 Å². The monoisotopic (exact) mass is 298 g/mol. The third-order valence-electron chi connectivity index (χ3n) is 4.93. The number of ether oxygens (including phenoxy) is 1. The third-order valence-corrected chi connectivity index (χ3v) is 4.93. The first-order valence-electron chi connectivity index (χ1n) is 7.74. The number of hydrogen-bond donors (Lipinski definition) is 2. The van der Waals surface area contributed by atoms with Crippen LogP contribution in [-0.2, 0) is 9.53 Å². The van der Waals surface area contributed by atoms with Gasteiger partial charge in [0.05, 0.1) is 19.3 Å². The van der Waals surface area contributed by atoms with E-state index in [0.29, 0.717) is 11.8 Å². The van der Waals surface area contributed by atoms with Crippen molar-refractivity contribution in [3.8, 4) is 0 Å². The van der Waals surface area contributed by atoms with Crippen molar-refractivity contribution in [3.05, 3.63) is 0 Å². The first-order valence-corrected chi connectivity index (χ1v) is 7.74. The lowest BCUT2D eigenvalue weighted by atomic mass is 9.80. The van der Waals surface area contributed by atoms with Gasteiger partial charge in [0.1, 0.15) is 5.92 Å². The molecule has 6 nitrogen and oxygen atoms in total. The van der Waals surface area contributed by atoms with Gasteiger partial charge in [0.25, 0.3) is 0 Å². The van der Waals surface area contributed by atoms with Gasteiger partial charge < -0.3 is 20.1 Å². The molecule has 0 aromatic carbocycles. The van der Waals surface area contributed by atoms with Gasteiger partial charge in [-0.25, -0.2) is 4.79 Å². The van der Waals surface area contributed by atoms with Crippen LogP contribution in [0.3, 0.4) is 0 Å². The topological polar surface area (TPSA) is 78.9 Å². The van der Waals surface area contributed by atoms with Crippen LogP contribution in [0.2, 0.25) is 0 Å². The Bertz CT molecular complexity index is 401. The summed E-state index contributed by atoms with van der Waals surface area (Å²) in [5.74, 6) is -0.367. The number of nitrogens with one attached hydrogen (secondary N) is 1. The molecule has 2 aliphatic rings. The van der Waals surface area contributed by atoms with Crippen molar-refractivity contribution in [1.82, 2.24) is 10.2 Å². The number of carboxylic acid groups (broad SMARTS) is 1. The molecule has 2 fully saturated rings. The Balaban J connectivity index is 1.92. The van der Waals surface area contributed by atoms with Gasteiger partial charge in [-0.1, -0.05) is 13.8 Å². The summed E-state index contributed by atoms with van der Waals surface area (Å²) in [5, 5.41) is 12.2. The SMILES string of the molecule is CC1CCC(NC(=O)N(C)C2COCC2C(=O)O)C(C)C1. The van der Waals surface area contributed by atoms with Gasteiger partial charge >= 0.3 is 12.0 Å². The van der Waals surface area contributed by atoms with Crippen LogP contribution < -0.4 is 5.32 Å². The molecule has 1 aliphatic heterocycles. The number of amides is 2. The molecule has 6 heteroatoms. The van der Waals surface area contributed by atoms with E-state index in [4.69, 9.17) is 9.84 Å². The largest absolute Gasteiger partial charge is 0.481 e. The Morgan fingerprint density at radius 3 is 2.57 bits per heavy atom. The Labute approximate surface area is 125 Å². The second-order valence-corrected chi connectivity index (χ2v) is 6.61. The molecule has 5 atom stereocenters. The summed E-state index contributed by atoms with van der Waals surface area (Å²) in [4.78, 5) is 25.0. The summed E-state index contributed by atoms with van der Waals surface area (Å²) >= 11 is 0. The number of nitrogens with zero attached hydrogens (tertiary/aromatic N) is 1. The summed E-state index contributed by atoms with van der Waals surface area (Å²) in [5.41, 5.74) is 0. The lowest BCUT2D eigenvalue weighted by Gasteiger charge is -2.35. The summed E-state index contributed by atoms with van der Waals surface area (Å²) in [6.45, 7) is 4.88. The molecule has 2 amide bonds. The predicted octanol–water partition coefficient (Wildman–Crippen LogP) is 1.55. The van der Waals surface area contributed by atoms with E-state index in [-0.39, 0.29) is 31.3 Å². The highest BCUT2D eigenvalue weighted by Crippen LogP contribution is 2.29. The highest BCUT2D eigenvalue weighted by Gasteiger charge is 2.39. The Morgan fingerprint density at radius 1 is 1.24 bits per heavy atom. The summed E-state index contributed by atoms with van der Waals surface area (Å²) in [6.07, 6.45) is 3.24. The molecule has 1 heterocycles. The van der Waals surface area contributed by atoms with Crippen LogP contribution in [-0.4, -0.2) is 54.4 Å². The molecular formula is C15H26N2O4. The first-order chi connectivity index (χ1) is 9.90. The predicted molar refractivity (Wildman–Crippen MR) is 78.0 cm³/mol. The van der Waals surface area contributed by atoms with Crippen molar-refractivity contribution in [2.75, 3.05) is 20.3 Å². The minimum atomic E-state index is -0.906. The molecule has 0 aromatic heterocycles. The average Bonchev–Trinajstić information content (AvgIpc) is 2.90. The van der Waals surface area contributed by atoms with Gasteiger partial charge in [-0.05, 0) is 31.1 Å². The van der Waals surface area contributed by atoms with Crippen molar-refractivity contribution in [3.63, 3.8) is 0 Å². The van der Waals surface area contributed by atoms with Crippen LogP contribution in [0.25, 0.3) is 0 Å². The zero-order valence-corrected chi connectivity index (χ0v) is 13.0. The van der Waals surface area contributed by atoms with Crippen molar-refractivity contribution in [2.24, 2.45) is 17.8 Å². The Kier molecular flexibility index (Phi) is 5.08. The molecule has 1 saturated heterocycles. The van der Waals surface area contributed by atoms with Gasteiger partial charge in [0, 0.05) is 13.1 Å². The number of likely N-dealkylation sites (N-methyl/N-ethyl adjacent to an activating group) is 1. The minimum Gasteiger partial charge on any atom is -0.481 e. The fraction of sp³-hybridized carbons (Fsp3) is 0.867. The highest BCUT2D eigenvalue weighted by atomic mass is 16.5. The van der Waals surface area contributed by atoms with Crippen molar-refractivity contribution >= 4 is 12.0 Å². The average molecular weight is 298 g/mol. The summed E-state index contributed by atoms with van der Waals surface area (Å²) in [6, 6.07) is -0.398. The first kappa shape index (κ1) is 16.1. The molecule has 0 bridgehead atoms. The normalized spacial score (nSPS) is 36.2. The van der Waals surface area contributed by atoms with Crippen LogP contribution >= 0.6 is 0 Å². The number of carboxylic acids is 1. The molecule has 0 spiro atoms. The van der Waals surface area contributed by atoms with E-state index in [1.54, 1.807) is 7.05 Å². The number of carbonyl (C=O) groups excluding carboxylic acids is 1. The zero-order chi connectivity index (χ0) is 15.6. The molecule has 2 rings (SSSR count).